The van der Waals surface area contributed by atoms with Crippen LogP contribution in [0.2, 0.25) is 0 Å². The Hall–Kier alpha value is -3.61. The van der Waals surface area contributed by atoms with Crippen LogP contribution < -0.4 is 10.1 Å². The van der Waals surface area contributed by atoms with Gasteiger partial charge < -0.3 is 15.0 Å². The number of H-pyrrole nitrogens is 1. The van der Waals surface area contributed by atoms with Gasteiger partial charge in [0.25, 0.3) is 11.8 Å². The van der Waals surface area contributed by atoms with Crippen molar-refractivity contribution in [1.82, 2.24) is 20.4 Å². The molecule has 1 aliphatic rings. The number of nitrogens with zero attached hydrogens (tertiary/aromatic N) is 2. The van der Waals surface area contributed by atoms with E-state index in [1.807, 2.05) is 30.3 Å². The van der Waals surface area contributed by atoms with Gasteiger partial charge in [-0.05, 0) is 43.2 Å². The first kappa shape index (κ1) is 19.7. The number of likely N-dealkylation sites (tertiary alicyclic amines) is 1. The highest BCUT2D eigenvalue weighted by Gasteiger charge is 2.26. The maximum absolute atomic E-state index is 12.8. The number of rotatable bonds is 5. The third-order valence-corrected chi connectivity index (χ3v) is 5.35. The molecule has 0 bridgehead atoms. The van der Waals surface area contributed by atoms with Gasteiger partial charge in [-0.2, -0.15) is 5.10 Å². The van der Waals surface area contributed by atoms with E-state index in [0.717, 1.165) is 11.3 Å². The Bertz CT molecular complexity index is 1010. The first-order valence-electron chi connectivity index (χ1n) is 9.99. The number of piperidine rings is 1. The van der Waals surface area contributed by atoms with Crippen molar-refractivity contribution in [1.29, 1.82) is 0 Å². The molecule has 2 N–H and O–H groups in total. The van der Waals surface area contributed by atoms with Crippen LogP contribution in [0.1, 0.15) is 33.7 Å². The number of benzene rings is 2. The zero-order chi connectivity index (χ0) is 20.9. The number of aromatic nitrogens is 2. The van der Waals surface area contributed by atoms with Crippen molar-refractivity contribution in [2.45, 2.75) is 18.9 Å². The van der Waals surface area contributed by atoms with Gasteiger partial charge in [0, 0.05) is 30.3 Å². The Morgan fingerprint density at radius 2 is 1.77 bits per heavy atom. The lowest BCUT2D eigenvalue weighted by atomic mass is 10.0. The molecule has 7 nitrogen and oxygen atoms in total. The maximum atomic E-state index is 12.8. The van der Waals surface area contributed by atoms with Crippen LogP contribution in [-0.4, -0.2) is 53.2 Å². The average molecular weight is 404 g/mol. The van der Waals surface area contributed by atoms with Gasteiger partial charge in [0.05, 0.1) is 12.8 Å². The number of methoxy groups -OCH3 is 1. The molecule has 1 saturated heterocycles. The zero-order valence-corrected chi connectivity index (χ0v) is 16.8. The number of nitrogens with one attached hydrogen (secondary N) is 2. The number of amides is 2. The van der Waals surface area contributed by atoms with Gasteiger partial charge in [-0.25, -0.2) is 0 Å². The summed E-state index contributed by atoms with van der Waals surface area (Å²) >= 11 is 0. The van der Waals surface area contributed by atoms with E-state index in [1.54, 1.807) is 42.3 Å². The Kier molecular flexibility index (Phi) is 5.79. The fourth-order valence-corrected chi connectivity index (χ4v) is 3.60. The molecular weight excluding hydrogens is 380 g/mol. The number of hydrogen-bond acceptors (Lipinski definition) is 4. The molecule has 7 heteroatoms. The molecule has 2 aromatic carbocycles. The van der Waals surface area contributed by atoms with Crippen LogP contribution in [0.25, 0.3) is 11.3 Å². The lowest BCUT2D eigenvalue weighted by Crippen LogP contribution is -2.46. The van der Waals surface area contributed by atoms with Gasteiger partial charge in [-0.3, -0.25) is 14.7 Å². The smallest absolute Gasteiger partial charge is 0.271 e. The number of ether oxygens (including phenoxy) is 1. The van der Waals surface area contributed by atoms with E-state index >= 15 is 0 Å². The Labute approximate surface area is 175 Å². The first-order chi connectivity index (χ1) is 14.6. The Balaban J connectivity index is 1.31. The quantitative estimate of drug-likeness (QED) is 0.684. The summed E-state index contributed by atoms with van der Waals surface area (Å²) in [5.41, 5.74) is 2.79. The van der Waals surface area contributed by atoms with Crippen molar-refractivity contribution < 1.29 is 14.3 Å². The molecule has 0 saturated carbocycles. The van der Waals surface area contributed by atoms with Crippen molar-refractivity contribution in [3.05, 3.63) is 71.9 Å². The second-order valence-corrected chi connectivity index (χ2v) is 7.30. The molecular formula is C23H24N4O3. The van der Waals surface area contributed by atoms with Crippen molar-refractivity contribution in [3.63, 3.8) is 0 Å². The van der Waals surface area contributed by atoms with Crippen molar-refractivity contribution >= 4 is 11.8 Å². The van der Waals surface area contributed by atoms with Crippen LogP contribution in [0.5, 0.6) is 5.75 Å². The molecule has 4 rings (SSSR count). The minimum atomic E-state index is -0.108. The second kappa shape index (κ2) is 8.82. The largest absolute Gasteiger partial charge is 0.497 e. The molecule has 154 valence electrons. The summed E-state index contributed by atoms with van der Waals surface area (Å²) in [4.78, 5) is 27.1. The molecule has 0 aliphatic carbocycles. The molecule has 3 aromatic rings. The Morgan fingerprint density at radius 1 is 1.07 bits per heavy atom. The van der Waals surface area contributed by atoms with Crippen molar-refractivity contribution in [2.24, 2.45) is 0 Å². The third kappa shape index (κ3) is 4.35. The topological polar surface area (TPSA) is 87.3 Å². The van der Waals surface area contributed by atoms with Crippen molar-refractivity contribution in [3.8, 4) is 17.0 Å². The number of aromatic amines is 1. The molecule has 0 atom stereocenters. The van der Waals surface area contributed by atoms with E-state index in [2.05, 4.69) is 15.5 Å². The van der Waals surface area contributed by atoms with E-state index in [1.165, 1.54) is 0 Å². The Morgan fingerprint density at radius 3 is 2.43 bits per heavy atom. The fourth-order valence-electron chi connectivity index (χ4n) is 3.60. The summed E-state index contributed by atoms with van der Waals surface area (Å²) in [6, 6.07) is 18.6. The van der Waals surface area contributed by atoms with E-state index in [9.17, 15) is 9.59 Å². The van der Waals surface area contributed by atoms with Crippen molar-refractivity contribution in [2.75, 3.05) is 20.2 Å². The molecule has 1 aliphatic heterocycles. The van der Waals surface area contributed by atoms with E-state index in [4.69, 9.17) is 4.74 Å². The lowest BCUT2D eigenvalue weighted by Gasteiger charge is -2.32. The third-order valence-electron chi connectivity index (χ3n) is 5.35. The average Bonchev–Trinajstić information content (AvgIpc) is 3.30. The van der Waals surface area contributed by atoms with Gasteiger partial charge in [-0.1, -0.05) is 30.3 Å². The summed E-state index contributed by atoms with van der Waals surface area (Å²) in [7, 11) is 1.59. The number of carbonyl (C=O) groups is 2. The van der Waals surface area contributed by atoms with E-state index < -0.39 is 0 Å². The van der Waals surface area contributed by atoms with Gasteiger partial charge >= 0.3 is 0 Å². The van der Waals surface area contributed by atoms with Gasteiger partial charge in [-0.15, -0.1) is 0 Å². The summed E-state index contributed by atoms with van der Waals surface area (Å²) in [5.74, 6) is 0.542. The molecule has 2 amide bonds. The fraction of sp³-hybridized carbons (Fsp3) is 0.261. The lowest BCUT2D eigenvalue weighted by molar-refractivity contribution is 0.0692. The second-order valence-electron chi connectivity index (χ2n) is 7.30. The minimum Gasteiger partial charge on any atom is -0.497 e. The summed E-state index contributed by atoms with van der Waals surface area (Å²) in [6.45, 7) is 1.18. The van der Waals surface area contributed by atoms with Gasteiger partial charge in [0.1, 0.15) is 11.4 Å². The molecule has 1 aromatic heterocycles. The summed E-state index contributed by atoms with van der Waals surface area (Å²) in [5, 5.41) is 10.2. The normalized spacial score (nSPS) is 14.4. The number of hydrogen-bond donors (Lipinski definition) is 2. The highest BCUT2D eigenvalue weighted by atomic mass is 16.5. The predicted molar refractivity (Wildman–Crippen MR) is 113 cm³/mol. The molecule has 0 spiro atoms. The molecule has 1 fully saturated rings. The van der Waals surface area contributed by atoms with Gasteiger partial charge in [0.2, 0.25) is 0 Å². The first-order valence-corrected chi connectivity index (χ1v) is 9.99. The monoisotopic (exact) mass is 404 g/mol. The van der Waals surface area contributed by atoms with E-state index in [-0.39, 0.29) is 17.9 Å². The standard InChI is InChI=1S/C23H24N4O3/c1-30-19-9-7-17(8-10-19)22(28)24-18-11-13-27(14-12-18)23(29)21-15-20(25-26-21)16-5-3-2-4-6-16/h2-10,15,18H,11-14H2,1H3,(H,24,28)(H,25,26). The SMILES string of the molecule is COc1ccc(C(=O)NC2CCN(C(=O)c3cc(-c4ccccc4)n[nH]3)CC2)cc1. The highest BCUT2D eigenvalue weighted by molar-refractivity contribution is 5.95. The maximum Gasteiger partial charge on any atom is 0.271 e. The molecule has 0 unspecified atom stereocenters. The minimum absolute atomic E-state index is 0.0466. The zero-order valence-electron chi connectivity index (χ0n) is 16.8. The molecule has 30 heavy (non-hydrogen) atoms. The summed E-state index contributed by atoms with van der Waals surface area (Å²) in [6.07, 6.45) is 1.43. The van der Waals surface area contributed by atoms with Crippen LogP contribution >= 0.6 is 0 Å². The van der Waals surface area contributed by atoms with Gasteiger partial charge in [0.15, 0.2) is 0 Å². The van der Waals surface area contributed by atoms with Crippen LogP contribution in [0, 0.1) is 0 Å². The summed E-state index contributed by atoms with van der Waals surface area (Å²) < 4.78 is 5.12. The van der Waals surface area contributed by atoms with E-state index in [0.29, 0.717) is 42.9 Å². The van der Waals surface area contributed by atoms with Crippen LogP contribution in [0.3, 0.4) is 0 Å². The highest BCUT2D eigenvalue weighted by Crippen LogP contribution is 2.19. The van der Waals surface area contributed by atoms with Crippen LogP contribution in [0.4, 0.5) is 0 Å². The van der Waals surface area contributed by atoms with Crippen LogP contribution in [0.15, 0.2) is 60.7 Å². The molecule has 2 heterocycles. The molecule has 0 radical (unpaired) electrons. The number of carbonyl (C=O) groups excluding carboxylic acids is 2. The predicted octanol–water partition coefficient (Wildman–Crippen LogP) is 3.12. The van der Waals surface area contributed by atoms with Crippen LogP contribution in [-0.2, 0) is 0 Å².